The van der Waals surface area contributed by atoms with E-state index in [1.165, 1.54) is 33.1 Å². The van der Waals surface area contributed by atoms with E-state index in [-0.39, 0.29) is 23.5 Å². The molecule has 1 saturated heterocycles. The Hall–Kier alpha value is -2.41. The van der Waals surface area contributed by atoms with Crippen molar-refractivity contribution in [3.8, 4) is 0 Å². The van der Waals surface area contributed by atoms with Crippen LogP contribution in [0.15, 0.2) is 46.8 Å². The number of thioether (sulfide) groups is 2. The molecule has 1 fully saturated rings. The molecule has 12 heteroatoms. The minimum Gasteiger partial charge on any atom is -0.477 e. The number of carbonyl (C=O) groups excluding carboxylic acids is 1. The molecule has 1 aromatic heterocycles. The lowest BCUT2D eigenvalue weighted by atomic mass is 10.0. The van der Waals surface area contributed by atoms with Gasteiger partial charge in [-0.05, 0) is 21.6 Å². The van der Waals surface area contributed by atoms with Gasteiger partial charge in [0.1, 0.15) is 17.1 Å². The van der Waals surface area contributed by atoms with Crippen molar-refractivity contribution in [1.82, 2.24) is 30.4 Å². The number of fused-ring (bicyclic) bond motifs is 1. The molecule has 4 rings (SSSR count). The second-order valence-electron chi connectivity index (χ2n) is 6.85. The molecule has 3 N–H and O–H groups in total. The molecule has 10 nitrogen and oxygen atoms in total. The van der Waals surface area contributed by atoms with Crippen molar-refractivity contribution in [2.75, 3.05) is 18.1 Å². The molecular weight excluding hydrogens is 428 g/mol. The lowest BCUT2D eigenvalue weighted by molar-refractivity contribution is -0.149. The lowest BCUT2D eigenvalue weighted by Gasteiger charge is -2.49. The third-order valence-corrected chi connectivity index (χ3v) is 7.36. The normalized spacial score (nSPS) is 21.9. The van der Waals surface area contributed by atoms with E-state index in [1.807, 2.05) is 30.3 Å². The summed E-state index contributed by atoms with van der Waals surface area (Å²) >= 11 is 2.84. The molecule has 2 aliphatic rings. The molecule has 2 aromatic rings. The Morgan fingerprint density at radius 2 is 2.17 bits per heavy atom. The third kappa shape index (κ3) is 3.95. The van der Waals surface area contributed by atoms with Crippen LogP contribution in [-0.4, -0.2) is 76.7 Å². The van der Waals surface area contributed by atoms with Crippen molar-refractivity contribution >= 4 is 35.4 Å². The number of nitrogens with one attached hydrogen (secondary N) is 1. The van der Waals surface area contributed by atoms with Gasteiger partial charge >= 0.3 is 5.97 Å². The number of carboxylic acids is 1. The minimum absolute atomic E-state index is 0.0352. The monoisotopic (exact) mass is 448 g/mol. The quantitative estimate of drug-likeness (QED) is 0.381. The number of hydrogen-bond donors (Lipinski definition) is 3. The maximum Gasteiger partial charge on any atom is 0.352 e. The predicted octanol–water partition coefficient (Wildman–Crippen LogP) is 0.248. The number of rotatable bonds is 8. The Labute approximate surface area is 180 Å². The zero-order valence-electron chi connectivity index (χ0n) is 16.0. The van der Waals surface area contributed by atoms with Crippen LogP contribution in [0.1, 0.15) is 11.7 Å². The maximum atomic E-state index is 12.7. The number of benzene rings is 1. The molecule has 3 atom stereocenters. The standard InChI is InChI=1S/C18H20N6O4S2/c1-23-18(20-21-22-23)30-9-11-8-29-16-13(15(26)24(16)14(11)17(27)28)19-7-12(25)10-5-3-2-4-6-10/h2-6,12-13,16,19,25H,7-9H2,1H3,(H,27,28)/t12?,13?,16-/m0/s1. The minimum atomic E-state index is -1.12. The number of aliphatic carboxylic acids is 1. The van der Waals surface area contributed by atoms with Gasteiger partial charge in [0, 0.05) is 25.1 Å². The van der Waals surface area contributed by atoms with Gasteiger partial charge in [0.15, 0.2) is 0 Å². The van der Waals surface area contributed by atoms with Crippen LogP contribution in [0.3, 0.4) is 0 Å². The Balaban J connectivity index is 1.42. The second kappa shape index (κ2) is 8.76. The summed E-state index contributed by atoms with van der Waals surface area (Å²) in [5, 5.41) is 34.6. The van der Waals surface area contributed by atoms with Crippen molar-refractivity contribution in [2.24, 2.45) is 7.05 Å². The van der Waals surface area contributed by atoms with Gasteiger partial charge in [-0.25, -0.2) is 9.48 Å². The summed E-state index contributed by atoms with van der Waals surface area (Å²) in [6.07, 6.45) is -0.747. The molecular formula is C18H20N6O4S2. The Morgan fingerprint density at radius 1 is 1.40 bits per heavy atom. The van der Waals surface area contributed by atoms with E-state index in [1.54, 1.807) is 7.05 Å². The molecule has 1 amide bonds. The number of aryl methyl sites for hydroxylation is 1. The van der Waals surface area contributed by atoms with Gasteiger partial charge in [-0.1, -0.05) is 42.1 Å². The molecule has 0 spiro atoms. The van der Waals surface area contributed by atoms with Gasteiger partial charge in [0.05, 0.1) is 6.10 Å². The van der Waals surface area contributed by atoms with E-state index in [2.05, 4.69) is 20.8 Å². The number of hydrogen-bond acceptors (Lipinski definition) is 9. The number of β-lactam (4-membered cyclic amide) rings is 1. The summed E-state index contributed by atoms with van der Waals surface area (Å²) in [6.45, 7) is 0.208. The topological polar surface area (TPSA) is 133 Å². The first-order valence-electron chi connectivity index (χ1n) is 9.19. The van der Waals surface area contributed by atoms with E-state index < -0.39 is 18.1 Å². The number of carbonyl (C=O) groups is 2. The van der Waals surface area contributed by atoms with Crippen molar-refractivity contribution in [2.45, 2.75) is 22.7 Å². The Kier molecular flexibility index (Phi) is 6.09. The Morgan fingerprint density at radius 3 is 2.83 bits per heavy atom. The van der Waals surface area contributed by atoms with Gasteiger partial charge in [0.2, 0.25) is 11.1 Å². The van der Waals surface area contributed by atoms with Crippen molar-refractivity contribution < 1.29 is 19.8 Å². The zero-order valence-corrected chi connectivity index (χ0v) is 17.6. The molecule has 2 aliphatic heterocycles. The highest BCUT2D eigenvalue weighted by atomic mass is 32.2. The fourth-order valence-corrected chi connectivity index (χ4v) is 5.74. The maximum absolute atomic E-state index is 12.7. The van der Waals surface area contributed by atoms with Crippen LogP contribution in [0.5, 0.6) is 0 Å². The first-order chi connectivity index (χ1) is 14.5. The predicted molar refractivity (Wildman–Crippen MR) is 110 cm³/mol. The molecule has 158 valence electrons. The van der Waals surface area contributed by atoms with Crippen LogP contribution < -0.4 is 5.32 Å². The number of amides is 1. The van der Waals surface area contributed by atoms with Crippen LogP contribution in [0, 0.1) is 0 Å². The van der Waals surface area contributed by atoms with Crippen molar-refractivity contribution in [3.05, 3.63) is 47.2 Å². The number of aliphatic hydroxyl groups is 1. The smallest absolute Gasteiger partial charge is 0.352 e. The fourth-order valence-electron chi connectivity index (χ4n) is 3.38. The average molecular weight is 449 g/mol. The number of aromatic nitrogens is 4. The highest BCUT2D eigenvalue weighted by Gasteiger charge is 2.53. The average Bonchev–Trinajstić information content (AvgIpc) is 3.16. The molecule has 3 heterocycles. The molecule has 0 aliphatic carbocycles. The van der Waals surface area contributed by atoms with E-state index in [0.29, 0.717) is 22.2 Å². The van der Waals surface area contributed by atoms with Crippen LogP contribution in [0.2, 0.25) is 0 Å². The third-order valence-electron chi connectivity index (χ3n) is 4.92. The van der Waals surface area contributed by atoms with Crippen LogP contribution in [-0.2, 0) is 16.6 Å². The summed E-state index contributed by atoms with van der Waals surface area (Å²) < 4.78 is 1.51. The van der Waals surface area contributed by atoms with Gasteiger partial charge in [-0.15, -0.1) is 16.9 Å². The van der Waals surface area contributed by atoms with Crippen LogP contribution in [0.25, 0.3) is 0 Å². The number of tetrazole rings is 1. The summed E-state index contributed by atoms with van der Waals surface area (Å²) in [6, 6.07) is 8.65. The SMILES string of the molecule is Cn1nnnc1SCC1=C(C(=O)O)N2C(=O)C(NCC(O)c3ccccc3)[C@@H]2SC1. The highest BCUT2D eigenvalue weighted by Crippen LogP contribution is 2.41. The van der Waals surface area contributed by atoms with Gasteiger partial charge in [-0.2, -0.15) is 0 Å². The Bertz CT molecular complexity index is 982. The lowest BCUT2D eigenvalue weighted by Crippen LogP contribution is -2.70. The number of nitrogens with zero attached hydrogens (tertiary/aromatic N) is 5. The van der Waals surface area contributed by atoms with E-state index >= 15 is 0 Å². The highest BCUT2D eigenvalue weighted by molar-refractivity contribution is 8.01. The van der Waals surface area contributed by atoms with Crippen LogP contribution in [0.4, 0.5) is 0 Å². The summed E-state index contributed by atoms with van der Waals surface area (Å²) in [7, 11) is 1.71. The fraction of sp³-hybridized carbons (Fsp3) is 0.389. The van der Waals surface area contributed by atoms with E-state index in [0.717, 1.165) is 5.56 Å². The molecule has 30 heavy (non-hydrogen) atoms. The van der Waals surface area contributed by atoms with Gasteiger partial charge < -0.3 is 15.5 Å². The first-order valence-corrected chi connectivity index (χ1v) is 11.2. The molecule has 0 bridgehead atoms. The number of aliphatic hydroxyl groups excluding tert-OH is 1. The molecule has 2 unspecified atom stereocenters. The first kappa shape index (κ1) is 20.8. The summed E-state index contributed by atoms with van der Waals surface area (Å²) in [4.78, 5) is 26.0. The molecule has 0 saturated carbocycles. The number of carboxylic acid groups (broad SMARTS) is 1. The van der Waals surface area contributed by atoms with E-state index in [9.17, 15) is 19.8 Å². The van der Waals surface area contributed by atoms with Gasteiger partial charge in [-0.3, -0.25) is 9.69 Å². The van der Waals surface area contributed by atoms with Crippen LogP contribution >= 0.6 is 23.5 Å². The summed E-state index contributed by atoms with van der Waals surface area (Å²) in [5.41, 5.74) is 1.45. The second-order valence-corrected chi connectivity index (χ2v) is 8.90. The summed E-state index contributed by atoms with van der Waals surface area (Å²) in [5.74, 6) is -0.548. The molecule has 1 aromatic carbocycles. The molecule has 0 radical (unpaired) electrons. The van der Waals surface area contributed by atoms with Crippen molar-refractivity contribution in [1.29, 1.82) is 0 Å². The van der Waals surface area contributed by atoms with E-state index in [4.69, 9.17) is 0 Å². The zero-order chi connectivity index (χ0) is 21.3. The van der Waals surface area contributed by atoms with Crippen molar-refractivity contribution in [3.63, 3.8) is 0 Å². The van der Waals surface area contributed by atoms with Gasteiger partial charge in [0.25, 0.3) is 0 Å². The largest absolute Gasteiger partial charge is 0.477 e.